The van der Waals surface area contributed by atoms with Crippen molar-refractivity contribution >= 4 is 28.7 Å². The van der Waals surface area contributed by atoms with Gasteiger partial charge < -0.3 is 10.0 Å². The molecule has 0 aliphatic carbocycles. The zero-order chi connectivity index (χ0) is 19.5. The Morgan fingerprint density at radius 3 is 2.61 bits per heavy atom. The average Bonchev–Trinajstić information content (AvgIpc) is 3.34. The first-order valence-corrected chi connectivity index (χ1v) is 10.6. The highest BCUT2D eigenvalue weighted by molar-refractivity contribution is 7.11. The van der Waals surface area contributed by atoms with Gasteiger partial charge in [0.15, 0.2) is 0 Å². The van der Waals surface area contributed by atoms with E-state index in [9.17, 15) is 14.7 Å². The fourth-order valence-electron chi connectivity index (χ4n) is 4.01. The highest BCUT2D eigenvalue weighted by Crippen LogP contribution is 2.35. The molecule has 1 unspecified atom stereocenters. The lowest BCUT2D eigenvalue weighted by molar-refractivity contribution is -0.137. The van der Waals surface area contributed by atoms with E-state index in [1.54, 1.807) is 0 Å². The molecule has 28 heavy (non-hydrogen) atoms. The van der Waals surface area contributed by atoms with Gasteiger partial charge in [-0.3, -0.25) is 14.5 Å². The molecule has 1 saturated heterocycles. The molecule has 3 heterocycles. The number of piperidine rings is 1. The number of carbonyl (C=O) groups is 2. The van der Waals surface area contributed by atoms with Gasteiger partial charge in [-0.05, 0) is 42.2 Å². The van der Waals surface area contributed by atoms with Crippen LogP contribution in [0.2, 0.25) is 0 Å². The van der Waals surface area contributed by atoms with Crippen LogP contribution in [0.3, 0.4) is 0 Å². The second-order valence-electron chi connectivity index (χ2n) is 7.34. The molecule has 0 saturated carbocycles. The van der Waals surface area contributed by atoms with E-state index in [-0.39, 0.29) is 24.3 Å². The SMILES string of the molecule is O=C1C(c2cccs2)=C(N2CCCC(CO)C2)C(=O)N1CCc1ccccc1. The summed E-state index contributed by atoms with van der Waals surface area (Å²) in [7, 11) is 0. The van der Waals surface area contributed by atoms with Crippen molar-refractivity contribution in [2.45, 2.75) is 19.3 Å². The molecule has 2 aromatic rings. The second kappa shape index (κ2) is 8.29. The van der Waals surface area contributed by atoms with Gasteiger partial charge in [-0.25, -0.2) is 0 Å². The quantitative estimate of drug-likeness (QED) is 0.763. The average molecular weight is 397 g/mol. The highest BCUT2D eigenvalue weighted by Gasteiger charge is 2.42. The molecule has 2 amide bonds. The number of benzene rings is 1. The molecular weight excluding hydrogens is 372 g/mol. The summed E-state index contributed by atoms with van der Waals surface area (Å²) in [5.41, 5.74) is 2.14. The first kappa shape index (κ1) is 18.9. The molecular formula is C22H24N2O3S. The Balaban J connectivity index is 1.62. The largest absolute Gasteiger partial charge is 0.396 e. The number of rotatable bonds is 6. The zero-order valence-electron chi connectivity index (χ0n) is 15.7. The van der Waals surface area contributed by atoms with Gasteiger partial charge in [0.2, 0.25) is 0 Å². The van der Waals surface area contributed by atoms with E-state index in [1.807, 2.05) is 52.7 Å². The van der Waals surface area contributed by atoms with Gasteiger partial charge in [-0.1, -0.05) is 36.4 Å². The minimum Gasteiger partial charge on any atom is -0.396 e. The lowest BCUT2D eigenvalue weighted by Gasteiger charge is -2.34. The summed E-state index contributed by atoms with van der Waals surface area (Å²) in [6, 6.07) is 13.7. The van der Waals surface area contributed by atoms with Crippen molar-refractivity contribution in [1.29, 1.82) is 0 Å². The molecule has 1 atom stereocenters. The molecule has 0 bridgehead atoms. The predicted octanol–water partition coefficient (Wildman–Crippen LogP) is 2.78. The number of aliphatic hydroxyl groups is 1. The van der Waals surface area contributed by atoms with Crippen LogP contribution in [0.25, 0.3) is 5.57 Å². The number of thiophene rings is 1. The van der Waals surface area contributed by atoms with Crippen molar-refractivity contribution in [1.82, 2.24) is 9.80 Å². The number of amides is 2. The Kier molecular flexibility index (Phi) is 5.59. The lowest BCUT2D eigenvalue weighted by Crippen LogP contribution is -2.41. The molecule has 1 aromatic carbocycles. The Labute approximate surface area is 168 Å². The van der Waals surface area contributed by atoms with Crippen LogP contribution in [0.4, 0.5) is 0 Å². The molecule has 0 radical (unpaired) electrons. The number of likely N-dealkylation sites (tertiary alicyclic amines) is 1. The van der Waals surface area contributed by atoms with Crippen molar-refractivity contribution in [2.24, 2.45) is 5.92 Å². The maximum absolute atomic E-state index is 13.3. The van der Waals surface area contributed by atoms with E-state index in [0.29, 0.717) is 30.8 Å². The monoisotopic (exact) mass is 396 g/mol. The molecule has 2 aliphatic rings. The van der Waals surface area contributed by atoms with E-state index < -0.39 is 0 Å². The Bertz CT molecular complexity index is 876. The van der Waals surface area contributed by atoms with Crippen LogP contribution >= 0.6 is 11.3 Å². The number of carbonyl (C=O) groups excluding carboxylic acids is 2. The lowest BCUT2D eigenvalue weighted by atomic mass is 9.98. The van der Waals surface area contributed by atoms with Gasteiger partial charge in [0.1, 0.15) is 5.70 Å². The standard InChI is InChI=1S/C22H24N2O3S/c25-15-17-8-4-11-23(14-17)20-19(18-9-5-13-28-18)21(26)24(22(20)27)12-10-16-6-2-1-3-7-16/h1-3,5-7,9,13,17,25H,4,8,10-12,14-15H2. The molecule has 146 valence electrons. The van der Waals surface area contributed by atoms with Crippen LogP contribution in [0.15, 0.2) is 53.5 Å². The summed E-state index contributed by atoms with van der Waals surface area (Å²) in [5.74, 6) is -0.264. The summed E-state index contributed by atoms with van der Waals surface area (Å²) in [4.78, 5) is 30.7. The summed E-state index contributed by atoms with van der Waals surface area (Å²) in [6.45, 7) is 1.84. The van der Waals surface area contributed by atoms with Crippen molar-refractivity contribution in [3.63, 3.8) is 0 Å². The van der Waals surface area contributed by atoms with Crippen LogP contribution in [0.1, 0.15) is 23.3 Å². The Morgan fingerprint density at radius 1 is 1.07 bits per heavy atom. The summed E-state index contributed by atoms with van der Waals surface area (Å²) < 4.78 is 0. The van der Waals surface area contributed by atoms with Crippen LogP contribution in [0, 0.1) is 5.92 Å². The second-order valence-corrected chi connectivity index (χ2v) is 8.28. The van der Waals surface area contributed by atoms with Crippen LogP contribution in [-0.4, -0.2) is 53.0 Å². The van der Waals surface area contributed by atoms with E-state index >= 15 is 0 Å². The van der Waals surface area contributed by atoms with Crippen molar-refractivity contribution < 1.29 is 14.7 Å². The van der Waals surface area contributed by atoms with E-state index in [1.165, 1.54) is 16.2 Å². The molecule has 4 rings (SSSR count). The number of nitrogens with zero attached hydrogens (tertiary/aromatic N) is 2. The van der Waals surface area contributed by atoms with Crippen LogP contribution in [-0.2, 0) is 16.0 Å². The van der Waals surface area contributed by atoms with E-state index in [0.717, 1.165) is 29.8 Å². The van der Waals surface area contributed by atoms with Gasteiger partial charge in [0, 0.05) is 31.1 Å². The molecule has 6 heteroatoms. The summed E-state index contributed by atoms with van der Waals surface area (Å²) in [5, 5.41) is 11.5. The molecule has 0 spiro atoms. The number of hydrogen-bond acceptors (Lipinski definition) is 5. The first-order chi connectivity index (χ1) is 13.7. The van der Waals surface area contributed by atoms with Crippen LogP contribution in [0.5, 0.6) is 0 Å². The fourth-order valence-corrected chi connectivity index (χ4v) is 4.77. The van der Waals surface area contributed by atoms with Gasteiger partial charge >= 0.3 is 0 Å². The molecule has 1 fully saturated rings. The van der Waals surface area contributed by atoms with Crippen molar-refractivity contribution in [3.05, 3.63) is 64.0 Å². The third-order valence-electron chi connectivity index (χ3n) is 5.47. The van der Waals surface area contributed by atoms with Crippen molar-refractivity contribution in [3.8, 4) is 0 Å². The summed E-state index contributed by atoms with van der Waals surface area (Å²) >= 11 is 1.48. The third-order valence-corrected chi connectivity index (χ3v) is 6.36. The number of hydrogen-bond donors (Lipinski definition) is 1. The molecule has 2 aliphatic heterocycles. The third kappa shape index (κ3) is 3.62. The minimum absolute atomic E-state index is 0.109. The number of imide groups is 1. The van der Waals surface area contributed by atoms with Gasteiger partial charge in [0.05, 0.1) is 5.57 Å². The summed E-state index contributed by atoms with van der Waals surface area (Å²) in [6.07, 6.45) is 2.51. The predicted molar refractivity (Wildman–Crippen MR) is 109 cm³/mol. The Morgan fingerprint density at radius 2 is 1.89 bits per heavy atom. The van der Waals surface area contributed by atoms with Gasteiger partial charge in [0.25, 0.3) is 11.8 Å². The van der Waals surface area contributed by atoms with E-state index in [4.69, 9.17) is 0 Å². The maximum Gasteiger partial charge on any atom is 0.277 e. The minimum atomic E-state index is -0.206. The highest BCUT2D eigenvalue weighted by atomic mass is 32.1. The molecule has 1 N–H and O–H groups in total. The number of aliphatic hydroxyl groups excluding tert-OH is 1. The molecule has 1 aromatic heterocycles. The maximum atomic E-state index is 13.3. The van der Waals surface area contributed by atoms with Gasteiger partial charge in [-0.15, -0.1) is 11.3 Å². The normalized spacial score (nSPS) is 20.4. The van der Waals surface area contributed by atoms with E-state index in [2.05, 4.69) is 0 Å². The topological polar surface area (TPSA) is 60.9 Å². The Hall–Kier alpha value is -2.44. The van der Waals surface area contributed by atoms with Gasteiger partial charge in [-0.2, -0.15) is 0 Å². The smallest absolute Gasteiger partial charge is 0.277 e. The zero-order valence-corrected chi connectivity index (χ0v) is 16.5. The van der Waals surface area contributed by atoms with Crippen LogP contribution < -0.4 is 0 Å². The fraction of sp³-hybridized carbons (Fsp3) is 0.364. The first-order valence-electron chi connectivity index (χ1n) is 9.73. The van der Waals surface area contributed by atoms with Crippen molar-refractivity contribution in [2.75, 3.05) is 26.2 Å². The molecule has 5 nitrogen and oxygen atoms in total.